The number of ether oxygens (including phenoxy) is 2. The van der Waals surface area contributed by atoms with Crippen molar-refractivity contribution in [3.8, 4) is 11.5 Å². The lowest BCUT2D eigenvalue weighted by atomic mass is 9.65. The summed E-state index contributed by atoms with van der Waals surface area (Å²) in [7, 11) is 5.46. The van der Waals surface area contributed by atoms with Crippen LogP contribution in [0.5, 0.6) is 11.5 Å². The van der Waals surface area contributed by atoms with Gasteiger partial charge in [0.1, 0.15) is 0 Å². The van der Waals surface area contributed by atoms with Crippen molar-refractivity contribution in [3.05, 3.63) is 23.8 Å². The number of likely N-dealkylation sites (N-methyl/N-ethyl adjacent to an activating group) is 1. The highest BCUT2D eigenvalue weighted by Crippen LogP contribution is 2.49. The van der Waals surface area contributed by atoms with Gasteiger partial charge in [-0.1, -0.05) is 19.9 Å². The van der Waals surface area contributed by atoms with Crippen molar-refractivity contribution in [1.29, 1.82) is 0 Å². The molecule has 1 saturated heterocycles. The number of nitrogens with one attached hydrogen (secondary N) is 1. The van der Waals surface area contributed by atoms with E-state index in [2.05, 4.69) is 34.6 Å². The van der Waals surface area contributed by atoms with E-state index in [9.17, 15) is 9.59 Å². The molecule has 3 unspecified atom stereocenters. The molecule has 0 aromatic heterocycles. The molecule has 1 heterocycles. The van der Waals surface area contributed by atoms with Crippen LogP contribution in [-0.4, -0.2) is 61.4 Å². The molecular formula is C26H39N3O5. The van der Waals surface area contributed by atoms with Gasteiger partial charge < -0.3 is 19.5 Å². The standard InChI is InChI=1S/C26H39N3O5/c1-17(2)12-18(14-25(31)32)13-24(30)28-27-20-8-9-26(10-11-29(3)23(26)16-20)19-6-7-21(33-4)22(15-19)34-5/h6-7,15,17-18,23H,8-14,16H2,1-5H3,(H,28,30)(H,31,32)/b27-20+. The number of likely N-dealkylation sites (tertiary alicyclic amines) is 1. The molecule has 8 nitrogen and oxygen atoms in total. The minimum absolute atomic E-state index is 0.00286. The molecule has 8 heteroatoms. The van der Waals surface area contributed by atoms with Gasteiger partial charge in [-0.15, -0.1) is 0 Å². The van der Waals surface area contributed by atoms with Gasteiger partial charge in [-0.2, -0.15) is 5.10 Å². The number of carboxylic acids is 1. The number of benzene rings is 1. The number of fused-ring (bicyclic) bond motifs is 1. The van der Waals surface area contributed by atoms with E-state index in [0.29, 0.717) is 12.3 Å². The summed E-state index contributed by atoms with van der Waals surface area (Å²) in [4.78, 5) is 26.1. The van der Waals surface area contributed by atoms with Crippen LogP contribution in [0.1, 0.15) is 64.4 Å². The van der Waals surface area contributed by atoms with Crippen molar-refractivity contribution in [2.24, 2.45) is 16.9 Å². The van der Waals surface area contributed by atoms with Gasteiger partial charge in [0.15, 0.2) is 11.5 Å². The lowest BCUT2D eigenvalue weighted by molar-refractivity contribution is -0.138. The molecule has 188 valence electrons. The van der Waals surface area contributed by atoms with Crippen LogP contribution in [0.2, 0.25) is 0 Å². The Morgan fingerprint density at radius 3 is 2.59 bits per heavy atom. The van der Waals surface area contributed by atoms with Gasteiger partial charge in [0.05, 0.1) is 14.2 Å². The van der Waals surface area contributed by atoms with Crippen LogP contribution in [0, 0.1) is 11.8 Å². The van der Waals surface area contributed by atoms with Gasteiger partial charge in [0.25, 0.3) is 0 Å². The predicted molar refractivity (Wildman–Crippen MR) is 132 cm³/mol. The van der Waals surface area contributed by atoms with Gasteiger partial charge in [0.2, 0.25) is 5.91 Å². The summed E-state index contributed by atoms with van der Waals surface area (Å²) in [5.74, 6) is 0.549. The largest absolute Gasteiger partial charge is 0.493 e. The third-order valence-corrected chi connectivity index (χ3v) is 7.41. The summed E-state index contributed by atoms with van der Waals surface area (Å²) in [5.41, 5.74) is 4.97. The molecule has 3 rings (SSSR count). The van der Waals surface area contributed by atoms with Gasteiger partial charge >= 0.3 is 5.97 Å². The van der Waals surface area contributed by atoms with E-state index >= 15 is 0 Å². The van der Waals surface area contributed by atoms with Gasteiger partial charge in [0, 0.05) is 36.4 Å². The summed E-state index contributed by atoms with van der Waals surface area (Å²) in [6.45, 7) is 5.08. The summed E-state index contributed by atoms with van der Waals surface area (Å²) >= 11 is 0. The first-order chi connectivity index (χ1) is 16.2. The number of hydrazone groups is 1. The molecule has 3 atom stereocenters. The Kier molecular flexibility index (Phi) is 8.57. The number of hydrogen-bond donors (Lipinski definition) is 2. The van der Waals surface area contributed by atoms with Gasteiger partial charge in [-0.05, 0) is 68.8 Å². The van der Waals surface area contributed by atoms with E-state index in [1.54, 1.807) is 14.2 Å². The quantitative estimate of drug-likeness (QED) is 0.501. The monoisotopic (exact) mass is 473 g/mol. The zero-order valence-corrected chi connectivity index (χ0v) is 21.1. The topological polar surface area (TPSA) is 100 Å². The summed E-state index contributed by atoms with van der Waals surface area (Å²) in [6, 6.07) is 6.52. The van der Waals surface area contributed by atoms with Crippen molar-refractivity contribution >= 4 is 17.6 Å². The second-order valence-corrected chi connectivity index (χ2v) is 10.2. The fourth-order valence-corrected chi connectivity index (χ4v) is 5.79. The average Bonchev–Trinajstić information content (AvgIpc) is 3.13. The van der Waals surface area contributed by atoms with E-state index in [1.165, 1.54) is 5.56 Å². The number of rotatable bonds is 10. The van der Waals surface area contributed by atoms with E-state index in [0.717, 1.165) is 49.4 Å². The SMILES string of the molecule is COc1ccc(C23CC/C(=N\NC(=O)CC(CC(=O)O)CC(C)C)CC2N(C)CC3)cc1OC. The molecule has 2 aliphatic rings. The highest BCUT2D eigenvalue weighted by atomic mass is 16.5. The average molecular weight is 474 g/mol. The Labute approximate surface area is 202 Å². The smallest absolute Gasteiger partial charge is 0.303 e. The maximum Gasteiger partial charge on any atom is 0.303 e. The normalized spacial score (nSPS) is 24.6. The maximum atomic E-state index is 12.5. The second kappa shape index (κ2) is 11.2. The summed E-state index contributed by atoms with van der Waals surface area (Å²) in [6.07, 6.45) is 4.50. The van der Waals surface area contributed by atoms with Crippen molar-refractivity contribution < 1.29 is 24.2 Å². The number of nitrogens with zero attached hydrogens (tertiary/aromatic N) is 2. The molecule has 0 spiro atoms. The molecule has 2 fully saturated rings. The first kappa shape index (κ1) is 26.0. The van der Waals surface area contributed by atoms with Crippen LogP contribution >= 0.6 is 0 Å². The van der Waals surface area contributed by atoms with Crippen molar-refractivity contribution in [3.63, 3.8) is 0 Å². The summed E-state index contributed by atoms with van der Waals surface area (Å²) < 4.78 is 11.0. The molecular weight excluding hydrogens is 434 g/mol. The molecule has 0 bridgehead atoms. The number of methoxy groups -OCH3 is 2. The van der Waals surface area contributed by atoms with E-state index < -0.39 is 5.97 Å². The van der Waals surface area contributed by atoms with Crippen LogP contribution in [0.15, 0.2) is 23.3 Å². The number of aliphatic carboxylic acids is 1. The Morgan fingerprint density at radius 2 is 1.94 bits per heavy atom. The van der Waals surface area contributed by atoms with Gasteiger partial charge in [-0.3, -0.25) is 9.59 Å². The lowest BCUT2D eigenvalue weighted by Gasteiger charge is -2.42. The first-order valence-electron chi connectivity index (χ1n) is 12.2. The lowest BCUT2D eigenvalue weighted by Crippen LogP contribution is -2.46. The van der Waals surface area contributed by atoms with Crippen LogP contribution in [0.25, 0.3) is 0 Å². The number of hydrogen-bond acceptors (Lipinski definition) is 6. The number of carboxylic acid groups (broad SMARTS) is 1. The van der Waals surface area contributed by atoms with E-state index in [-0.39, 0.29) is 36.1 Å². The van der Waals surface area contributed by atoms with Crippen molar-refractivity contribution in [2.75, 3.05) is 27.8 Å². The zero-order chi connectivity index (χ0) is 24.9. The number of amides is 1. The first-order valence-corrected chi connectivity index (χ1v) is 12.2. The number of carbonyl (C=O) groups excluding carboxylic acids is 1. The third kappa shape index (κ3) is 5.90. The highest BCUT2D eigenvalue weighted by Gasteiger charge is 2.50. The Morgan fingerprint density at radius 1 is 1.21 bits per heavy atom. The molecule has 1 amide bonds. The molecule has 1 saturated carbocycles. The molecule has 1 aliphatic carbocycles. The zero-order valence-electron chi connectivity index (χ0n) is 21.1. The van der Waals surface area contributed by atoms with E-state index in [4.69, 9.17) is 14.6 Å². The third-order valence-electron chi connectivity index (χ3n) is 7.41. The molecule has 1 aliphatic heterocycles. The van der Waals surface area contributed by atoms with Crippen LogP contribution in [0.3, 0.4) is 0 Å². The van der Waals surface area contributed by atoms with Crippen molar-refractivity contribution in [1.82, 2.24) is 10.3 Å². The number of carbonyl (C=O) groups is 2. The predicted octanol–water partition coefficient (Wildman–Crippen LogP) is 3.83. The molecule has 34 heavy (non-hydrogen) atoms. The van der Waals surface area contributed by atoms with Crippen molar-refractivity contribution in [2.45, 2.75) is 70.3 Å². The fourth-order valence-electron chi connectivity index (χ4n) is 5.79. The van der Waals surface area contributed by atoms with E-state index in [1.807, 2.05) is 19.9 Å². The summed E-state index contributed by atoms with van der Waals surface area (Å²) in [5, 5.41) is 13.6. The van der Waals surface area contributed by atoms with Crippen LogP contribution < -0.4 is 14.9 Å². The van der Waals surface area contributed by atoms with Gasteiger partial charge in [-0.25, -0.2) is 5.43 Å². The molecule has 2 N–H and O–H groups in total. The Balaban J connectivity index is 1.70. The van der Waals surface area contributed by atoms with Crippen LogP contribution in [0.4, 0.5) is 0 Å². The molecule has 0 radical (unpaired) electrons. The Hall–Kier alpha value is -2.61. The molecule has 1 aromatic rings. The Bertz CT molecular complexity index is 916. The minimum Gasteiger partial charge on any atom is -0.493 e. The second-order valence-electron chi connectivity index (χ2n) is 10.2. The van der Waals surface area contributed by atoms with Crippen LogP contribution in [-0.2, 0) is 15.0 Å². The minimum atomic E-state index is -0.868. The maximum absolute atomic E-state index is 12.5. The molecule has 1 aromatic carbocycles. The fraction of sp³-hybridized carbons (Fsp3) is 0.654. The highest BCUT2D eigenvalue weighted by molar-refractivity contribution is 5.88.